The van der Waals surface area contributed by atoms with E-state index >= 15 is 0 Å². The molecule has 2 aromatic rings. The van der Waals surface area contributed by atoms with Crippen LogP contribution in [0.25, 0.3) is 0 Å². The number of aromatic nitrogens is 1. The van der Waals surface area contributed by atoms with Crippen LogP contribution >= 0.6 is 11.3 Å². The molecule has 1 aromatic heterocycles. The van der Waals surface area contributed by atoms with Crippen LogP contribution in [0.2, 0.25) is 0 Å². The standard InChI is InChI=1S/C16H17FN4O4S2/c17-11-3-1-2-4-13(11)27(24,25)21-7-5-10(6-8-21)15(23)20-16-19-9-12(26-16)14(18)22/h1-4,9-10H,5-8H2,(H2,18,22)(H,19,20,23). The Morgan fingerprint density at radius 1 is 1.26 bits per heavy atom. The highest BCUT2D eigenvalue weighted by molar-refractivity contribution is 7.89. The van der Waals surface area contributed by atoms with Crippen molar-refractivity contribution in [1.82, 2.24) is 9.29 Å². The largest absolute Gasteiger partial charge is 0.365 e. The Labute approximate surface area is 159 Å². The first-order valence-electron chi connectivity index (χ1n) is 8.10. The first-order chi connectivity index (χ1) is 12.8. The zero-order valence-electron chi connectivity index (χ0n) is 14.1. The fourth-order valence-corrected chi connectivity index (χ4v) is 5.01. The number of sulfonamides is 1. The van der Waals surface area contributed by atoms with Gasteiger partial charge in [0.05, 0.1) is 6.20 Å². The fourth-order valence-electron chi connectivity index (χ4n) is 2.80. The van der Waals surface area contributed by atoms with Gasteiger partial charge in [0.1, 0.15) is 15.6 Å². The summed E-state index contributed by atoms with van der Waals surface area (Å²) in [6.07, 6.45) is 1.88. The molecule has 1 aliphatic heterocycles. The smallest absolute Gasteiger partial charge is 0.260 e. The molecule has 144 valence electrons. The van der Waals surface area contributed by atoms with Crippen molar-refractivity contribution < 1.29 is 22.4 Å². The maximum Gasteiger partial charge on any atom is 0.260 e. The van der Waals surface area contributed by atoms with Gasteiger partial charge in [0.25, 0.3) is 5.91 Å². The predicted octanol–water partition coefficient (Wildman–Crippen LogP) is 1.42. The first-order valence-corrected chi connectivity index (χ1v) is 10.4. The molecule has 1 saturated heterocycles. The Hall–Kier alpha value is -2.37. The summed E-state index contributed by atoms with van der Waals surface area (Å²) in [7, 11) is -3.94. The van der Waals surface area contributed by atoms with Gasteiger partial charge < -0.3 is 11.1 Å². The van der Waals surface area contributed by atoms with Crippen molar-refractivity contribution >= 4 is 38.3 Å². The van der Waals surface area contributed by atoms with E-state index in [0.29, 0.717) is 12.8 Å². The van der Waals surface area contributed by atoms with Gasteiger partial charge in [0.2, 0.25) is 15.9 Å². The number of halogens is 1. The highest BCUT2D eigenvalue weighted by Gasteiger charge is 2.33. The molecule has 0 aliphatic carbocycles. The number of benzene rings is 1. The predicted molar refractivity (Wildman–Crippen MR) is 97.1 cm³/mol. The minimum Gasteiger partial charge on any atom is -0.365 e. The van der Waals surface area contributed by atoms with Crippen LogP contribution in [0.3, 0.4) is 0 Å². The minimum atomic E-state index is -3.94. The quantitative estimate of drug-likeness (QED) is 0.769. The van der Waals surface area contributed by atoms with Crippen LogP contribution in [-0.2, 0) is 14.8 Å². The van der Waals surface area contributed by atoms with E-state index in [1.807, 2.05) is 0 Å². The monoisotopic (exact) mass is 412 g/mol. The molecule has 0 unspecified atom stereocenters. The van der Waals surface area contributed by atoms with Crippen LogP contribution < -0.4 is 11.1 Å². The van der Waals surface area contributed by atoms with Gasteiger partial charge in [-0.25, -0.2) is 17.8 Å². The van der Waals surface area contributed by atoms with Gasteiger partial charge in [-0.15, -0.1) is 0 Å². The first kappa shape index (κ1) is 19.4. The zero-order valence-corrected chi connectivity index (χ0v) is 15.7. The van der Waals surface area contributed by atoms with E-state index < -0.39 is 27.7 Å². The van der Waals surface area contributed by atoms with Crippen LogP contribution in [0.15, 0.2) is 35.4 Å². The van der Waals surface area contributed by atoms with Crippen molar-refractivity contribution in [2.24, 2.45) is 11.7 Å². The normalized spacial score (nSPS) is 16.2. The summed E-state index contributed by atoms with van der Waals surface area (Å²) in [6.45, 7) is 0.221. The molecule has 1 fully saturated rings. The number of primary amides is 1. The molecule has 0 radical (unpaired) electrons. The lowest BCUT2D eigenvalue weighted by molar-refractivity contribution is -0.120. The van der Waals surface area contributed by atoms with Gasteiger partial charge in [-0.3, -0.25) is 9.59 Å². The number of nitrogens with zero attached hydrogens (tertiary/aromatic N) is 2. The molecule has 11 heteroatoms. The van der Waals surface area contributed by atoms with E-state index in [9.17, 15) is 22.4 Å². The summed E-state index contributed by atoms with van der Waals surface area (Å²) >= 11 is 0.971. The Bertz CT molecular complexity index is 968. The lowest BCUT2D eigenvalue weighted by Gasteiger charge is -2.30. The van der Waals surface area contributed by atoms with Crippen LogP contribution in [0.1, 0.15) is 22.5 Å². The summed E-state index contributed by atoms with van der Waals surface area (Å²) in [5.74, 6) is -2.13. The Kier molecular flexibility index (Phi) is 5.53. The third-order valence-corrected chi connectivity index (χ3v) is 7.12. The van der Waals surface area contributed by atoms with Crippen molar-refractivity contribution in [3.63, 3.8) is 0 Å². The summed E-state index contributed by atoms with van der Waals surface area (Å²) in [6, 6.07) is 5.21. The fraction of sp³-hybridized carbons (Fsp3) is 0.312. The number of anilines is 1. The molecule has 2 heterocycles. The Morgan fingerprint density at radius 2 is 1.93 bits per heavy atom. The second-order valence-corrected chi connectivity index (χ2v) is 8.93. The van der Waals surface area contributed by atoms with Crippen molar-refractivity contribution in [2.45, 2.75) is 17.7 Å². The van der Waals surface area contributed by atoms with E-state index in [0.717, 1.165) is 17.4 Å². The number of nitrogens with one attached hydrogen (secondary N) is 1. The third kappa shape index (κ3) is 4.15. The molecule has 0 spiro atoms. The average Bonchev–Trinajstić information content (AvgIpc) is 3.11. The van der Waals surface area contributed by atoms with Crippen LogP contribution in [0.4, 0.5) is 9.52 Å². The number of rotatable bonds is 5. The summed E-state index contributed by atoms with van der Waals surface area (Å²) in [5, 5.41) is 2.87. The molecular weight excluding hydrogens is 395 g/mol. The lowest BCUT2D eigenvalue weighted by Crippen LogP contribution is -2.41. The molecule has 3 rings (SSSR count). The van der Waals surface area contributed by atoms with Crippen LogP contribution in [-0.4, -0.2) is 42.6 Å². The van der Waals surface area contributed by atoms with Gasteiger partial charge in [-0.1, -0.05) is 23.5 Å². The second kappa shape index (κ2) is 7.71. The number of hydrogen-bond acceptors (Lipinski definition) is 6. The number of hydrogen-bond donors (Lipinski definition) is 2. The van der Waals surface area contributed by atoms with Gasteiger partial charge in [0.15, 0.2) is 5.13 Å². The van der Waals surface area contributed by atoms with E-state index in [-0.39, 0.29) is 33.9 Å². The van der Waals surface area contributed by atoms with E-state index in [4.69, 9.17) is 5.73 Å². The second-order valence-electron chi connectivity index (χ2n) is 5.99. The average molecular weight is 412 g/mol. The third-order valence-electron chi connectivity index (χ3n) is 4.26. The molecule has 1 aromatic carbocycles. The van der Waals surface area contributed by atoms with E-state index in [1.165, 1.54) is 28.7 Å². The van der Waals surface area contributed by atoms with E-state index in [1.54, 1.807) is 0 Å². The van der Waals surface area contributed by atoms with Crippen molar-refractivity contribution in [2.75, 3.05) is 18.4 Å². The minimum absolute atomic E-state index is 0.110. The number of piperidine rings is 1. The van der Waals surface area contributed by atoms with Crippen molar-refractivity contribution in [1.29, 1.82) is 0 Å². The Morgan fingerprint density at radius 3 is 2.52 bits per heavy atom. The summed E-state index contributed by atoms with van der Waals surface area (Å²) in [4.78, 5) is 27.2. The summed E-state index contributed by atoms with van der Waals surface area (Å²) in [5.41, 5.74) is 5.14. The Balaban J connectivity index is 1.62. The number of nitrogens with two attached hydrogens (primary N) is 1. The number of carbonyl (C=O) groups is 2. The maximum absolute atomic E-state index is 13.8. The highest BCUT2D eigenvalue weighted by Crippen LogP contribution is 2.26. The number of carbonyl (C=O) groups excluding carboxylic acids is 2. The molecule has 0 saturated carbocycles. The number of thiazole rings is 1. The molecule has 3 N–H and O–H groups in total. The summed E-state index contributed by atoms with van der Waals surface area (Å²) < 4.78 is 40.2. The van der Waals surface area contributed by atoms with Gasteiger partial charge >= 0.3 is 0 Å². The van der Waals surface area contributed by atoms with E-state index in [2.05, 4.69) is 10.3 Å². The number of amides is 2. The molecule has 0 atom stereocenters. The van der Waals surface area contributed by atoms with Crippen LogP contribution in [0.5, 0.6) is 0 Å². The SMILES string of the molecule is NC(=O)c1cnc(NC(=O)C2CCN(S(=O)(=O)c3ccccc3F)CC2)s1. The van der Waals surface area contributed by atoms with Gasteiger partial charge in [0, 0.05) is 19.0 Å². The topological polar surface area (TPSA) is 122 Å². The lowest BCUT2D eigenvalue weighted by atomic mass is 9.97. The molecular formula is C16H17FN4O4S2. The molecule has 0 bridgehead atoms. The highest BCUT2D eigenvalue weighted by atomic mass is 32.2. The van der Waals surface area contributed by atoms with Crippen molar-refractivity contribution in [3.05, 3.63) is 41.2 Å². The molecule has 27 heavy (non-hydrogen) atoms. The van der Waals surface area contributed by atoms with Gasteiger partial charge in [-0.2, -0.15) is 4.31 Å². The van der Waals surface area contributed by atoms with Crippen LogP contribution in [0, 0.1) is 11.7 Å². The van der Waals surface area contributed by atoms with Gasteiger partial charge in [-0.05, 0) is 25.0 Å². The molecule has 1 aliphatic rings. The zero-order chi connectivity index (χ0) is 19.6. The maximum atomic E-state index is 13.8. The molecule has 8 nitrogen and oxygen atoms in total. The molecule has 2 amide bonds. The van der Waals surface area contributed by atoms with Crippen molar-refractivity contribution in [3.8, 4) is 0 Å².